The molecule has 0 unspecified atom stereocenters. The second-order valence-electron chi connectivity index (χ2n) is 6.99. The third kappa shape index (κ3) is 4.03. The van der Waals surface area contributed by atoms with Gasteiger partial charge in [0.25, 0.3) is 0 Å². The van der Waals surface area contributed by atoms with Crippen LogP contribution in [0.15, 0.2) is 65.3 Å². The topological polar surface area (TPSA) is 32.5 Å². The molecule has 0 amide bonds. The Balaban J connectivity index is 1.30. The van der Waals surface area contributed by atoms with Crippen LogP contribution in [0.2, 0.25) is 0 Å². The van der Waals surface area contributed by atoms with Gasteiger partial charge in [-0.15, -0.1) is 0 Å². The molecule has 4 nitrogen and oxygen atoms in total. The summed E-state index contributed by atoms with van der Waals surface area (Å²) < 4.78 is 5.66. The third-order valence-electron chi connectivity index (χ3n) is 5.08. The lowest BCUT2D eigenvalue weighted by molar-refractivity contribution is 0.121. The van der Waals surface area contributed by atoms with E-state index in [1.54, 1.807) is 6.26 Å². The fourth-order valence-electron chi connectivity index (χ4n) is 3.46. The molecule has 134 valence electrons. The Kier molecular flexibility index (Phi) is 5.14. The molecule has 0 saturated carbocycles. The SMILES string of the molecule is Cc1ccccc1CN1CCN(Cc2coc(-c3ccccc3)n2)CC1. The van der Waals surface area contributed by atoms with Gasteiger partial charge in [0.1, 0.15) is 6.26 Å². The highest BCUT2D eigenvalue weighted by Gasteiger charge is 2.19. The number of hydrogen-bond donors (Lipinski definition) is 0. The first-order chi connectivity index (χ1) is 12.8. The molecule has 4 heteroatoms. The van der Waals surface area contributed by atoms with E-state index in [0.29, 0.717) is 5.89 Å². The monoisotopic (exact) mass is 347 g/mol. The molecule has 1 aliphatic heterocycles. The second-order valence-corrected chi connectivity index (χ2v) is 6.99. The Morgan fingerprint density at radius 1 is 0.846 bits per heavy atom. The summed E-state index contributed by atoms with van der Waals surface area (Å²) in [6.45, 7) is 8.42. The molecule has 0 spiro atoms. The van der Waals surface area contributed by atoms with Crippen LogP contribution in [0.3, 0.4) is 0 Å². The first-order valence-corrected chi connectivity index (χ1v) is 9.27. The summed E-state index contributed by atoms with van der Waals surface area (Å²) in [6, 6.07) is 18.7. The molecular formula is C22H25N3O. The van der Waals surface area contributed by atoms with E-state index in [-0.39, 0.29) is 0 Å². The predicted octanol–water partition coefficient (Wildman–Crippen LogP) is 3.97. The van der Waals surface area contributed by atoms with Gasteiger partial charge in [-0.25, -0.2) is 4.98 Å². The van der Waals surface area contributed by atoms with Crippen molar-refractivity contribution in [2.75, 3.05) is 26.2 Å². The van der Waals surface area contributed by atoms with Gasteiger partial charge in [-0.3, -0.25) is 9.80 Å². The van der Waals surface area contributed by atoms with Crippen LogP contribution >= 0.6 is 0 Å². The summed E-state index contributed by atoms with van der Waals surface area (Å²) in [6.07, 6.45) is 1.79. The number of aromatic nitrogens is 1. The van der Waals surface area contributed by atoms with Crippen molar-refractivity contribution < 1.29 is 4.42 Å². The summed E-state index contributed by atoms with van der Waals surface area (Å²) in [5.74, 6) is 0.707. The first-order valence-electron chi connectivity index (χ1n) is 9.27. The van der Waals surface area contributed by atoms with Crippen molar-refractivity contribution in [2.24, 2.45) is 0 Å². The normalized spacial score (nSPS) is 16.0. The first kappa shape index (κ1) is 17.0. The largest absolute Gasteiger partial charge is 0.444 e. The maximum Gasteiger partial charge on any atom is 0.226 e. The minimum absolute atomic E-state index is 0.707. The molecule has 26 heavy (non-hydrogen) atoms. The number of benzene rings is 2. The molecule has 1 fully saturated rings. The molecule has 2 heterocycles. The van der Waals surface area contributed by atoms with Gasteiger partial charge in [0.05, 0.1) is 5.69 Å². The summed E-state index contributed by atoms with van der Waals surface area (Å²) in [7, 11) is 0. The quantitative estimate of drug-likeness (QED) is 0.699. The smallest absolute Gasteiger partial charge is 0.226 e. The molecule has 1 saturated heterocycles. The molecule has 2 aromatic carbocycles. The van der Waals surface area contributed by atoms with Crippen LogP contribution in [-0.4, -0.2) is 41.0 Å². The summed E-state index contributed by atoms with van der Waals surface area (Å²) >= 11 is 0. The van der Waals surface area contributed by atoms with Gasteiger partial charge < -0.3 is 4.42 Å². The molecule has 0 radical (unpaired) electrons. The van der Waals surface area contributed by atoms with Crippen LogP contribution in [0, 0.1) is 6.92 Å². The minimum Gasteiger partial charge on any atom is -0.444 e. The number of piperazine rings is 1. The molecule has 1 aliphatic rings. The van der Waals surface area contributed by atoms with Gasteiger partial charge in [-0.1, -0.05) is 42.5 Å². The Morgan fingerprint density at radius 3 is 2.23 bits per heavy atom. The molecule has 0 bridgehead atoms. The summed E-state index contributed by atoms with van der Waals surface area (Å²) in [5, 5.41) is 0. The lowest BCUT2D eigenvalue weighted by Gasteiger charge is -2.34. The average Bonchev–Trinajstić information content (AvgIpc) is 3.14. The molecule has 0 N–H and O–H groups in total. The second kappa shape index (κ2) is 7.85. The number of rotatable bonds is 5. The zero-order valence-electron chi connectivity index (χ0n) is 15.3. The Hall–Kier alpha value is -2.43. The van der Waals surface area contributed by atoms with Crippen molar-refractivity contribution in [3.63, 3.8) is 0 Å². The fourth-order valence-corrected chi connectivity index (χ4v) is 3.46. The lowest BCUT2D eigenvalue weighted by atomic mass is 10.1. The van der Waals surface area contributed by atoms with Gasteiger partial charge in [0.2, 0.25) is 5.89 Å². The van der Waals surface area contributed by atoms with Crippen molar-refractivity contribution in [2.45, 2.75) is 20.0 Å². The Morgan fingerprint density at radius 2 is 1.50 bits per heavy atom. The van der Waals surface area contributed by atoms with Crippen LogP contribution in [0.25, 0.3) is 11.5 Å². The Labute approximate surface area is 155 Å². The third-order valence-corrected chi connectivity index (χ3v) is 5.08. The minimum atomic E-state index is 0.707. The van der Waals surface area contributed by atoms with E-state index in [2.05, 4.69) is 46.0 Å². The van der Waals surface area contributed by atoms with Gasteiger partial charge in [-0.05, 0) is 30.2 Å². The van der Waals surface area contributed by atoms with Crippen molar-refractivity contribution >= 4 is 0 Å². The van der Waals surface area contributed by atoms with Crippen LogP contribution in [-0.2, 0) is 13.1 Å². The lowest BCUT2D eigenvalue weighted by Crippen LogP contribution is -2.45. The van der Waals surface area contributed by atoms with Gasteiger partial charge in [-0.2, -0.15) is 0 Å². The summed E-state index contributed by atoms with van der Waals surface area (Å²) in [4.78, 5) is 9.65. The molecule has 0 aliphatic carbocycles. The molecular weight excluding hydrogens is 322 g/mol. The van der Waals surface area contributed by atoms with Crippen LogP contribution in [0.1, 0.15) is 16.8 Å². The molecule has 3 aromatic rings. The van der Waals surface area contributed by atoms with Crippen LogP contribution in [0.5, 0.6) is 0 Å². The van der Waals surface area contributed by atoms with E-state index in [1.807, 2.05) is 30.3 Å². The van der Waals surface area contributed by atoms with Crippen molar-refractivity contribution in [3.8, 4) is 11.5 Å². The zero-order chi connectivity index (χ0) is 17.8. The molecule has 4 rings (SSSR count). The van der Waals surface area contributed by atoms with E-state index in [0.717, 1.165) is 50.5 Å². The standard InChI is InChI=1S/C22H25N3O/c1-18-7-5-6-10-20(18)15-24-11-13-25(14-12-24)16-21-17-26-22(23-21)19-8-3-2-4-9-19/h2-10,17H,11-16H2,1H3. The maximum absolute atomic E-state index is 5.66. The van der Waals surface area contributed by atoms with Crippen molar-refractivity contribution in [1.82, 2.24) is 14.8 Å². The highest BCUT2D eigenvalue weighted by atomic mass is 16.3. The Bertz CT molecular complexity index is 835. The van der Waals surface area contributed by atoms with Gasteiger partial charge in [0, 0.05) is 44.8 Å². The van der Waals surface area contributed by atoms with Crippen LogP contribution < -0.4 is 0 Å². The summed E-state index contributed by atoms with van der Waals surface area (Å²) in [5.41, 5.74) is 4.86. The number of nitrogens with zero attached hydrogens (tertiary/aromatic N) is 3. The number of aryl methyl sites for hydroxylation is 1. The van der Waals surface area contributed by atoms with Crippen LogP contribution in [0.4, 0.5) is 0 Å². The van der Waals surface area contributed by atoms with Crippen molar-refractivity contribution in [1.29, 1.82) is 0 Å². The molecule has 0 atom stereocenters. The van der Waals surface area contributed by atoms with Gasteiger partial charge in [0.15, 0.2) is 0 Å². The van der Waals surface area contributed by atoms with E-state index < -0.39 is 0 Å². The highest BCUT2D eigenvalue weighted by Crippen LogP contribution is 2.19. The number of oxazole rings is 1. The van der Waals surface area contributed by atoms with Gasteiger partial charge >= 0.3 is 0 Å². The fraction of sp³-hybridized carbons (Fsp3) is 0.318. The van der Waals surface area contributed by atoms with E-state index in [4.69, 9.17) is 4.42 Å². The maximum atomic E-state index is 5.66. The van der Waals surface area contributed by atoms with E-state index in [9.17, 15) is 0 Å². The molecule has 1 aromatic heterocycles. The van der Waals surface area contributed by atoms with E-state index in [1.165, 1.54) is 11.1 Å². The average molecular weight is 347 g/mol. The van der Waals surface area contributed by atoms with E-state index >= 15 is 0 Å². The predicted molar refractivity (Wildman–Crippen MR) is 104 cm³/mol. The highest BCUT2D eigenvalue weighted by molar-refractivity contribution is 5.52. The van der Waals surface area contributed by atoms with Crippen molar-refractivity contribution in [3.05, 3.63) is 77.7 Å². The zero-order valence-corrected chi connectivity index (χ0v) is 15.3. The number of hydrogen-bond acceptors (Lipinski definition) is 4.